The lowest BCUT2D eigenvalue weighted by Crippen LogP contribution is -2.33. The molecule has 6 heteroatoms. The quantitative estimate of drug-likeness (QED) is 0.317. The third-order valence-corrected chi connectivity index (χ3v) is 2.27. The fourth-order valence-corrected chi connectivity index (χ4v) is 1.33. The van der Waals surface area contributed by atoms with Gasteiger partial charge in [-0.2, -0.15) is 0 Å². The van der Waals surface area contributed by atoms with Crippen molar-refractivity contribution in [2.75, 3.05) is 13.1 Å². The van der Waals surface area contributed by atoms with Crippen LogP contribution < -0.4 is 11.1 Å². The van der Waals surface area contributed by atoms with Crippen LogP contribution in [0.4, 0.5) is 4.39 Å². The maximum atomic E-state index is 13.4. The van der Waals surface area contributed by atoms with Crippen molar-refractivity contribution in [1.82, 2.24) is 5.32 Å². The lowest BCUT2D eigenvalue weighted by Gasteiger charge is -2.10. The Kier molecular flexibility index (Phi) is 8.33. The van der Waals surface area contributed by atoms with E-state index in [1.54, 1.807) is 12.1 Å². The summed E-state index contributed by atoms with van der Waals surface area (Å²) in [7, 11) is 0. The van der Waals surface area contributed by atoms with Gasteiger partial charge in [-0.1, -0.05) is 30.4 Å². The number of aliphatic hydroxyl groups excluding tert-OH is 1. The van der Waals surface area contributed by atoms with Crippen LogP contribution in [0.1, 0.15) is 18.6 Å². The summed E-state index contributed by atoms with van der Waals surface area (Å²) < 4.78 is 13.4. The molecule has 0 saturated heterocycles. The number of hydrogen-bond acceptors (Lipinski definition) is 2. The first-order chi connectivity index (χ1) is 8.50. The molecule has 0 amide bonds. The number of benzene rings is 1. The maximum absolute atomic E-state index is 13.4. The van der Waals surface area contributed by atoms with Gasteiger partial charge in [-0.3, -0.25) is 4.99 Å². The van der Waals surface area contributed by atoms with E-state index in [4.69, 9.17) is 5.73 Å². The van der Waals surface area contributed by atoms with Crippen molar-refractivity contribution in [3.8, 4) is 0 Å². The predicted molar refractivity (Wildman–Crippen MR) is 86.1 cm³/mol. The summed E-state index contributed by atoms with van der Waals surface area (Å²) in [5.41, 5.74) is 6.72. The van der Waals surface area contributed by atoms with Crippen LogP contribution in [0.15, 0.2) is 41.4 Å². The molecule has 0 radical (unpaired) electrons. The van der Waals surface area contributed by atoms with Crippen LogP contribution in [-0.2, 0) is 0 Å². The highest BCUT2D eigenvalue weighted by molar-refractivity contribution is 14.0. The molecule has 0 saturated carbocycles. The SMILES string of the molecule is C=C(C)CNC(N)=NCC(O)c1ccccc1F.I. The van der Waals surface area contributed by atoms with Crippen molar-refractivity contribution in [1.29, 1.82) is 0 Å². The number of nitrogens with zero attached hydrogens (tertiary/aromatic N) is 1. The lowest BCUT2D eigenvalue weighted by molar-refractivity contribution is 0.182. The van der Waals surface area contributed by atoms with Gasteiger partial charge in [-0.15, -0.1) is 24.0 Å². The van der Waals surface area contributed by atoms with Crippen molar-refractivity contribution in [2.24, 2.45) is 10.7 Å². The Balaban J connectivity index is 0.00000324. The van der Waals surface area contributed by atoms with Crippen molar-refractivity contribution < 1.29 is 9.50 Å². The molecular weight excluding hydrogens is 360 g/mol. The monoisotopic (exact) mass is 379 g/mol. The van der Waals surface area contributed by atoms with Crippen LogP contribution in [0.2, 0.25) is 0 Å². The Bertz CT molecular complexity index is 451. The molecule has 0 aliphatic carbocycles. The average Bonchev–Trinajstić information content (AvgIpc) is 2.34. The van der Waals surface area contributed by atoms with Gasteiger partial charge in [0.25, 0.3) is 0 Å². The second-order valence-corrected chi connectivity index (χ2v) is 4.07. The Morgan fingerprint density at radius 1 is 1.53 bits per heavy atom. The largest absolute Gasteiger partial charge is 0.386 e. The highest BCUT2D eigenvalue weighted by atomic mass is 127. The molecule has 4 N–H and O–H groups in total. The molecule has 0 bridgehead atoms. The third kappa shape index (κ3) is 6.53. The van der Waals surface area contributed by atoms with Gasteiger partial charge >= 0.3 is 0 Å². The van der Waals surface area contributed by atoms with E-state index in [2.05, 4.69) is 16.9 Å². The number of aliphatic hydroxyl groups is 1. The maximum Gasteiger partial charge on any atom is 0.188 e. The minimum Gasteiger partial charge on any atom is -0.386 e. The van der Waals surface area contributed by atoms with E-state index in [1.165, 1.54) is 12.1 Å². The Morgan fingerprint density at radius 2 is 2.16 bits per heavy atom. The molecule has 0 heterocycles. The summed E-state index contributed by atoms with van der Waals surface area (Å²) in [5, 5.41) is 12.6. The van der Waals surface area contributed by atoms with Crippen LogP contribution in [0.25, 0.3) is 0 Å². The minimum absolute atomic E-state index is 0. The van der Waals surface area contributed by atoms with Gasteiger partial charge in [-0.25, -0.2) is 4.39 Å². The van der Waals surface area contributed by atoms with E-state index in [-0.39, 0.29) is 42.0 Å². The molecule has 0 spiro atoms. The number of rotatable bonds is 5. The Hall–Kier alpha value is -1.15. The molecule has 0 aliphatic rings. The second kappa shape index (κ2) is 8.87. The Morgan fingerprint density at radius 3 is 2.74 bits per heavy atom. The molecule has 19 heavy (non-hydrogen) atoms. The highest BCUT2D eigenvalue weighted by Gasteiger charge is 2.11. The van der Waals surface area contributed by atoms with E-state index < -0.39 is 11.9 Å². The van der Waals surface area contributed by atoms with Gasteiger partial charge in [0, 0.05) is 12.1 Å². The van der Waals surface area contributed by atoms with Crippen LogP contribution in [0.3, 0.4) is 0 Å². The number of nitrogens with one attached hydrogen (secondary N) is 1. The van der Waals surface area contributed by atoms with Crippen molar-refractivity contribution in [3.63, 3.8) is 0 Å². The summed E-state index contributed by atoms with van der Waals surface area (Å²) >= 11 is 0. The fraction of sp³-hybridized carbons (Fsp3) is 0.308. The van der Waals surface area contributed by atoms with Gasteiger partial charge < -0.3 is 16.2 Å². The van der Waals surface area contributed by atoms with Gasteiger partial charge in [0.15, 0.2) is 5.96 Å². The molecule has 106 valence electrons. The average molecular weight is 379 g/mol. The van der Waals surface area contributed by atoms with Crippen molar-refractivity contribution in [2.45, 2.75) is 13.0 Å². The number of hydrogen-bond donors (Lipinski definition) is 3. The van der Waals surface area contributed by atoms with E-state index >= 15 is 0 Å². The Labute approximate surface area is 129 Å². The summed E-state index contributed by atoms with van der Waals surface area (Å²) in [4.78, 5) is 3.94. The topological polar surface area (TPSA) is 70.6 Å². The zero-order valence-electron chi connectivity index (χ0n) is 10.8. The normalized spacial score (nSPS) is 12.5. The molecule has 1 unspecified atom stereocenters. The predicted octanol–water partition coefficient (Wildman–Crippen LogP) is 1.96. The van der Waals surface area contributed by atoms with E-state index in [0.29, 0.717) is 6.54 Å². The molecule has 0 aromatic heterocycles. The fourth-order valence-electron chi connectivity index (χ4n) is 1.33. The van der Waals surface area contributed by atoms with Gasteiger partial charge in [-0.05, 0) is 13.0 Å². The van der Waals surface area contributed by atoms with Crippen molar-refractivity contribution in [3.05, 3.63) is 47.8 Å². The molecular formula is C13H19FIN3O. The van der Waals surface area contributed by atoms with Gasteiger partial charge in [0.2, 0.25) is 0 Å². The number of nitrogens with two attached hydrogens (primary N) is 1. The molecule has 0 aliphatic heterocycles. The van der Waals surface area contributed by atoms with E-state index in [9.17, 15) is 9.50 Å². The number of halogens is 2. The van der Waals surface area contributed by atoms with E-state index in [0.717, 1.165) is 5.57 Å². The van der Waals surface area contributed by atoms with Crippen LogP contribution in [-0.4, -0.2) is 24.2 Å². The second-order valence-electron chi connectivity index (χ2n) is 4.07. The van der Waals surface area contributed by atoms with Crippen molar-refractivity contribution >= 4 is 29.9 Å². The summed E-state index contributed by atoms with van der Waals surface area (Å²) in [5.74, 6) is -0.248. The van der Waals surface area contributed by atoms with Crippen LogP contribution in [0, 0.1) is 5.82 Å². The standard InChI is InChI=1S/C13H18FN3O.HI/c1-9(2)7-16-13(15)17-8-12(18)10-5-3-4-6-11(10)14;/h3-6,12,18H,1,7-8H2,2H3,(H3,15,16,17);1H. The molecule has 0 fully saturated rings. The summed E-state index contributed by atoms with van der Waals surface area (Å²) in [6, 6.07) is 6.05. The zero-order valence-corrected chi connectivity index (χ0v) is 13.1. The summed E-state index contributed by atoms with van der Waals surface area (Å²) in [6.07, 6.45) is -1.00. The third-order valence-electron chi connectivity index (χ3n) is 2.27. The lowest BCUT2D eigenvalue weighted by atomic mass is 10.1. The van der Waals surface area contributed by atoms with Gasteiger partial charge in [0.1, 0.15) is 11.9 Å². The minimum atomic E-state index is -1.00. The highest BCUT2D eigenvalue weighted by Crippen LogP contribution is 2.16. The molecule has 4 nitrogen and oxygen atoms in total. The first-order valence-corrected chi connectivity index (χ1v) is 5.61. The van der Waals surface area contributed by atoms with E-state index in [1.807, 2.05) is 6.92 Å². The zero-order chi connectivity index (χ0) is 13.5. The van der Waals surface area contributed by atoms with Crippen LogP contribution >= 0.6 is 24.0 Å². The molecule has 1 aromatic rings. The first-order valence-electron chi connectivity index (χ1n) is 5.61. The molecule has 1 aromatic carbocycles. The number of guanidine groups is 1. The smallest absolute Gasteiger partial charge is 0.188 e. The molecule has 1 rings (SSSR count). The molecule has 1 atom stereocenters. The van der Waals surface area contributed by atoms with Gasteiger partial charge in [0.05, 0.1) is 6.54 Å². The first kappa shape index (κ1) is 17.8. The summed E-state index contributed by atoms with van der Waals surface area (Å²) in [6.45, 7) is 6.09. The van der Waals surface area contributed by atoms with Crippen LogP contribution in [0.5, 0.6) is 0 Å². The number of aliphatic imine (C=N–C) groups is 1.